The van der Waals surface area contributed by atoms with E-state index in [1.54, 1.807) is 16.7 Å². The number of amides is 2. The highest BCUT2D eigenvalue weighted by Gasteiger charge is 2.27. The molecule has 0 radical (unpaired) electrons. The van der Waals surface area contributed by atoms with Crippen LogP contribution >= 0.6 is 0 Å². The molecule has 22 heavy (non-hydrogen) atoms. The lowest BCUT2D eigenvalue weighted by Crippen LogP contribution is -2.51. The van der Waals surface area contributed by atoms with Crippen LogP contribution in [0.3, 0.4) is 0 Å². The van der Waals surface area contributed by atoms with E-state index in [2.05, 4.69) is 5.10 Å². The molecule has 1 aliphatic rings. The van der Waals surface area contributed by atoms with Crippen molar-refractivity contribution in [3.8, 4) is 0 Å². The first kappa shape index (κ1) is 15.8. The molecule has 120 valence electrons. The molecule has 2 rings (SSSR count). The summed E-state index contributed by atoms with van der Waals surface area (Å²) in [5, 5.41) is 12.6. The van der Waals surface area contributed by atoms with E-state index < -0.39 is 5.97 Å². The van der Waals surface area contributed by atoms with Gasteiger partial charge in [-0.2, -0.15) is 5.10 Å². The molecule has 0 bridgehead atoms. The van der Waals surface area contributed by atoms with Gasteiger partial charge in [0.1, 0.15) is 12.2 Å². The average Bonchev–Trinajstić information content (AvgIpc) is 2.94. The first-order chi connectivity index (χ1) is 10.5. The van der Waals surface area contributed by atoms with Crippen LogP contribution in [-0.4, -0.2) is 75.4 Å². The molecule has 0 aliphatic carbocycles. The molecule has 0 saturated carbocycles. The second-order valence-electron chi connectivity index (χ2n) is 4.75. The van der Waals surface area contributed by atoms with Crippen molar-refractivity contribution in [2.75, 3.05) is 32.8 Å². The first-order valence-corrected chi connectivity index (χ1v) is 6.97. The molecule has 0 atom stereocenters. The maximum atomic E-state index is 12.4. The number of hydrogen-bond acceptors (Lipinski definition) is 5. The average molecular weight is 310 g/mol. The Labute approximate surface area is 127 Å². The van der Waals surface area contributed by atoms with Crippen LogP contribution in [0.15, 0.2) is 12.3 Å². The fraction of sp³-hybridized carbons (Fsp3) is 0.538. The summed E-state index contributed by atoms with van der Waals surface area (Å²) in [6, 6.07) is 1.49. The molecule has 9 heteroatoms. The monoisotopic (exact) mass is 310 g/mol. The molecule has 0 aromatic carbocycles. The van der Waals surface area contributed by atoms with Gasteiger partial charge in [0.05, 0.1) is 6.61 Å². The topological polar surface area (TPSA) is 105 Å². The Balaban J connectivity index is 1.97. The molecule has 0 spiro atoms. The van der Waals surface area contributed by atoms with E-state index >= 15 is 0 Å². The number of piperazine rings is 1. The summed E-state index contributed by atoms with van der Waals surface area (Å²) in [7, 11) is 0. The number of aliphatic carboxylic acids is 1. The summed E-state index contributed by atoms with van der Waals surface area (Å²) in [4.78, 5) is 37.9. The van der Waals surface area contributed by atoms with Gasteiger partial charge in [-0.05, 0) is 13.0 Å². The molecule has 1 N–H and O–H groups in total. The van der Waals surface area contributed by atoms with Gasteiger partial charge in [-0.25, -0.2) is 9.48 Å². The van der Waals surface area contributed by atoms with Crippen molar-refractivity contribution >= 4 is 18.0 Å². The second-order valence-corrected chi connectivity index (χ2v) is 4.75. The van der Waals surface area contributed by atoms with Crippen molar-refractivity contribution in [1.29, 1.82) is 0 Å². The van der Waals surface area contributed by atoms with Gasteiger partial charge in [0.15, 0.2) is 0 Å². The van der Waals surface area contributed by atoms with Crippen LogP contribution in [-0.2, 0) is 16.1 Å². The molecule has 1 aliphatic heterocycles. The fourth-order valence-corrected chi connectivity index (χ4v) is 2.24. The number of carbonyl (C=O) groups excluding carboxylic acids is 2. The molecular formula is C13H18N4O5. The van der Waals surface area contributed by atoms with Crippen molar-refractivity contribution < 1.29 is 24.2 Å². The smallest absolute Gasteiger partial charge is 0.409 e. The predicted molar refractivity (Wildman–Crippen MR) is 74.4 cm³/mol. The van der Waals surface area contributed by atoms with Crippen molar-refractivity contribution in [3.63, 3.8) is 0 Å². The van der Waals surface area contributed by atoms with Gasteiger partial charge < -0.3 is 19.6 Å². The third-order valence-electron chi connectivity index (χ3n) is 3.31. The largest absolute Gasteiger partial charge is 0.480 e. The Morgan fingerprint density at radius 3 is 2.45 bits per heavy atom. The molecule has 1 aromatic heterocycles. The highest BCUT2D eigenvalue weighted by atomic mass is 16.6. The minimum atomic E-state index is -1.06. The van der Waals surface area contributed by atoms with Gasteiger partial charge in [-0.3, -0.25) is 9.59 Å². The second kappa shape index (κ2) is 6.92. The van der Waals surface area contributed by atoms with Crippen LogP contribution in [0.25, 0.3) is 0 Å². The van der Waals surface area contributed by atoms with Gasteiger partial charge in [0.2, 0.25) is 0 Å². The third-order valence-corrected chi connectivity index (χ3v) is 3.31. The fourth-order valence-electron chi connectivity index (χ4n) is 2.24. The van der Waals surface area contributed by atoms with Gasteiger partial charge in [-0.1, -0.05) is 0 Å². The Bertz CT molecular complexity index is 563. The van der Waals surface area contributed by atoms with Crippen LogP contribution in [0, 0.1) is 0 Å². The van der Waals surface area contributed by atoms with Gasteiger partial charge in [0.25, 0.3) is 5.91 Å². The number of nitrogens with zero attached hydrogens (tertiary/aromatic N) is 4. The van der Waals surface area contributed by atoms with E-state index in [-0.39, 0.29) is 24.2 Å². The molecular weight excluding hydrogens is 292 g/mol. The van der Waals surface area contributed by atoms with Crippen molar-refractivity contribution in [2.45, 2.75) is 13.5 Å². The molecule has 1 saturated heterocycles. The number of hydrogen-bond donors (Lipinski definition) is 1. The van der Waals surface area contributed by atoms with Crippen molar-refractivity contribution in [2.24, 2.45) is 0 Å². The maximum absolute atomic E-state index is 12.4. The number of carboxylic acid groups (broad SMARTS) is 1. The standard InChI is InChI=1S/C13H18N4O5/c1-2-22-13(21)16-7-5-15(6-8-16)12(20)10-3-4-14-17(10)9-11(18)19/h3-4H,2,5-9H2,1H3,(H,18,19). The minimum Gasteiger partial charge on any atom is -0.480 e. The zero-order chi connectivity index (χ0) is 16.1. The molecule has 0 unspecified atom stereocenters. The number of carbonyl (C=O) groups is 3. The summed E-state index contributed by atoms with van der Waals surface area (Å²) in [5.41, 5.74) is 0.229. The zero-order valence-corrected chi connectivity index (χ0v) is 12.3. The maximum Gasteiger partial charge on any atom is 0.409 e. The Morgan fingerprint density at radius 1 is 1.23 bits per heavy atom. The summed E-state index contributed by atoms with van der Waals surface area (Å²) in [5.74, 6) is -1.35. The summed E-state index contributed by atoms with van der Waals surface area (Å²) >= 11 is 0. The van der Waals surface area contributed by atoms with E-state index in [1.165, 1.54) is 12.3 Å². The number of rotatable bonds is 4. The highest BCUT2D eigenvalue weighted by Crippen LogP contribution is 2.09. The molecule has 9 nitrogen and oxygen atoms in total. The molecule has 1 aromatic rings. The number of aromatic nitrogens is 2. The lowest BCUT2D eigenvalue weighted by atomic mass is 10.3. The van der Waals surface area contributed by atoms with Gasteiger partial charge in [0, 0.05) is 32.4 Å². The number of ether oxygens (including phenoxy) is 1. The van der Waals surface area contributed by atoms with Crippen LogP contribution in [0.5, 0.6) is 0 Å². The SMILES string of the molecule is CCOC(=O)N1CCN(C(=O)c2ccnn2CC(=O)O)CC1. The zero-order valence-electron chi connectivity index (χ0n) is 12.3. The lowest BCUT2D eigenvalue weighted by Gasteiger charge is -2.34. The third kappa shape index (κ3) is 3.54. The quantitative estimate of drug-likeness (QED) is 0.831. The molecule has 2 amide bonds. The van der Waals surface area contributed by atoms with Gasteiger partial charge in [-0.15, -0.1) is 0 Å². The Kier molecular flexibility index (Phi) is 4.97. The van der Waals surface area contributed by atoms with E-state index in [0.717, 1.165) is 4.68 Å². The minimum absolute atomic E-state index is 0.229. The summed E-state index contributed by atoms with van der Waals surface area (Å²) in [6.07, 6.45) is 1.01. The molecule has 2 heterocycles. The Morgan fingerprint density at radius 2 is 1.86 bits per heavy atom. The lowest BCUT2D eigenvalue weighted by molar-refractivity contribution is -0.137. The van der Waals surface area contributed by atoms with E-state index in [0.29, 0.717) is 32.8 Å². The first-order valence-electron chi connectivity index (χ1n) is 6.97. The van der Waals surface area contributed by atoms with Crippen molar-refractivity contribution in [3.05, 3.63) is 18.0 Å². The van der Waals surface area contributed by atoms with Crippen LogP contribution in [0.2, 0.25) is 0 Å². The van der Waals surface area contributed by atoms with E-state index in [1.807, 2.05) is 0 Å². The highest BCUT2D eigenvalue weighted by molar-refractivity contribution is 5.93. The van der Waals surface area contributed by atoms with Crippen LogP contribution in [0.1, 0.15) is 17.4 Å². The van der Waals surface area contributed by atoms with E-state index in [9.17, 15) is 14.4 Å². The summed E-state index contributed by atoms with van der Waals surface area (Å²) in [6.45, 7) is 3.20. The molecule has 1 fully saturated rings. The Hall–Kier alpha value is -2.58. The predicted octanol–water partition coefficient (Wildman–Crippen LogP) is -0.118. The summed E-state index contributed by atoms with van der Waals surface area (Å²) < 4.78 is 6.07. The number of carboxylic acids is 1. The van der Waals surface area contributed by atoms with E-state index in [4.69, 9.17) is 9.84 Å². The normalized spacial score (nSPS) is 14.8. The van der Waals surface area contributed by atoms with Crippen LogP contribution < -0.4 is 0 Å². The van der Waals surface area contributed by atoms with Gasteiger partial charge >= 0.3 is 12.1 Å². The van der Waals surface area contributed by atoms with Crippen LogP contribution in [0.4, 0.5) is 4.79 Å². The van der Waals surface area contributed by atoms with Crippen molar-refractivity contribution in [1.82, 2.24) is 19.6 Å².